The summed E-state index contributed by atoms with van der Waals surface area (Å²) < 4.78 is 0. The summed E-state index contributed by atoms with van der Waals surface area (Å²) in [5.41, 5.74) is 3.95. The largest absolute Gasteiger partial charge is 0.298 e. The van der Waals surface area contributed by atoms with Gasteiger partial charge in [-0.2, -0.15) is 0 Å². The van der Waals surface area contributed by atoms with E-state index in [1.54, 1.807) is 0 Å². The van der Waals surface area contributed by atoms with Crippen molar-refractivity contribution < 1.29 is 9.59 Å². The molecule has 5 rings (SSSR count). The van der Waals surface area contributed by atoms with E-state index in [1.165, 1.54) is 5.56 Å². The molecule has 0 spiro atoms. The van der Waals surface area contributed by atoms with Crippen LogP contribution in [0.3, 0.4) is 0 Å². The zero-order valence-corrected chi connectivity index (χ0v) is 15.6. The number of hydrogen-bond donors (Lipinski definition) is 0. The summed E-state index contributed by atoms with van der Waals surface area (Å²) in [5, 5.41) is 0. The topological polar surface area (TPSA) is 34.1 Å². The van der Waals surface area contributed by atoms with E-state index in [2.05, 4.69) is 24.3 Å². The molecule has 0 bridgehead atoms. The molecule has 3 aliphatic rings. The van der Waals surface area contributed by atoms with Gasteiger partial charge in [-0.3, -0.25) is 9.59 Å². The van der Waals surface area contributed by atoms with E-state index < -0.39 is 0 Å². The van der Waals surface area contributed by atoms with E-state index in [1.807, 2.05) is 60.7 Å². The van der Waals surface area contributed by atoms with Crippen LogP contribution in [0.5, 0.6) is 0 Å². The van der Waals surface area contributed by atoms with E-state index in [0.29, 0.717) is 6.42 Å². The van der Waals surface area contributed by atoms with Gasteiger partial charge >= 0.3 is 0 Å². The van der Waals surface area contributed by atoms with E-state index in [-0.39, 0.29) is 35.2 Å². The molecule has 0 fully saturated rings. The van der Waals surface area contributed by atoms with Crippen LogP contribution in [-0.2, 0) is 11.2 Å². The first-order valence-corrected chi connectivity index (χ1v) is 9.99. The van der Waals surface area contributed by atoms with E-state index in [9.17, 15) is 9.59 Å². The SMILES string of the molecule is O=C1C[C@H](Cc2ccccc2)C2=CC3C=CC=CC3C(=O)C2c2ccccc21. The summed E-state index contributed by atoms with van der Waals surface area (Å²) in [4.78, 5) is 26.7. The van der Waals surface area contributed by atoms with Crippen LogP contribution in [0, 0.1) is 17.8 Å². The van der Waals surface area contributed by atoms with Crippen molar-refractivity contribution in [2.45, 2.75) is 18.8 Å². The Balaban J connectivity index is 1.66. The standard InChI is InChI=1S/C26H22O2/c27-24-16-19(14-17-8-2-1-3-9-17)23-15-18-10-4-5-11-20(18)26(28)25(23)22-13-7-6-12-21(22)24/h1-13,15,18-20,25H,14,16H2/t18?,19-,20?,25?/m0/s1. The number of benzene rings is 2. The van der Waals surface area contributed by atoms with Gasteiger partial charge in [-0.05, 0) is 23.5 Å². The Hall–Kier alpha value is -3.00. The lowest BCUT2D eigenvalue weighted by Crippen LogP contribution is -2.34. The Bertz CT molecular complexity index is 1030. The predicted molar refractivity (Wildman–Crippen MR) is 110 cm³/mol. The van der Waals surface area contributed by atoms with Crippen LogP contribution in [0.1, 0.15) is 33.8 Å². The summed E-state index contributed by atoms with van der Waals surface area (Å²) in [7, 11) is 0. The molecule has 0 saturated heterocycles. The zero-order chi connectivity index (χ0) is 19.1. The van der Waals surface area contributed by atoms with Crippen LogP contribution >= 0.6 is 0 Å². The minimum absolute atomic E-state index is 0.0523. The maximum atomic E-state index is 13.6. The van der Waals surface area contributed by atoms with Crippen molar-refractivity contribution in [3.8, 4) is 0 Å². The Morgan fingerprint density at radius 2 is 1.61 bits per heavy atom. The van der Waals surface area contributed by atoms with Gasteiger partial charge in [-0.15, -0.1) is 0 Å². The van der Waals surface area contributed by atoms with Gasteiger partial charge in [-0.1, -0.05) is 90.6 Å². The highest BCUT2D eigenvalue weighted by atomic mass is 16.1. The Kier molecular flexibility index (Phi) is 4.20. The second-order valence-corrected chi connectivity index (χ2v) is 7.98. The molecule has 4 atom stereocenters. The van der Waals surface area contributed by atoms with Crippen LogP contribution in [-0.4, -0.2) is 11.6 Å². The average molecular weight is 366 g/mol. The van der Waals surface area contributed by atoms with Crippen molar-refractivity contribution in [2.24, 2.45) is 17.8 Å². The molecule has 3 aliphatic carbocycles. The zero-order valence-electron chi connectivity index (χ0n) is 15.6. The molecular formula is C26H22O2. The molecule has 2 aromatic rings. The average Bonchev–Trinajstić information content (AvgIpc) is 2.84. The van der Waals surface area contributed by atoms with Gasteiger partial charge in [0, 0.05) is 23.8 Å². The summed E-state index contributed by atoms with van der Waals surface area (Å²) in [6.07, 6.45) is 11.6. The summed E-state index contributed by atoms with van der Waals surface area (Å²) >= 11 is 0. The quantitative estimate of drug-likeness (QED) is 0.694. The highest BCUT2D eigenvalue weighted by Gasteiger charge is 2.43. The number of rotatable bonds is 2. The minimum Gasteiger partial charge on any atom is -0.298 e. The molecule has 0 saturated carbocycles. The van der Waals surface area contributed by atoms with Gasteiger partial charge in [0.1, 0.15) is 0 Å². The van der Waals surface area contributed by atoms with Crippen molar-refractivity contribution >= 4 is 11.6 Å². The molecule has 0 amide bonds. The smallest absolute Gasteiger partial charge is 0.163 e. The van der Waals surface area contributed by atoms with Crippen molar-refractivity contribution in [2.75, 3.05) is 0 Å². The predicted octanol–water partition coefficient (Wildman–Crippen LogP) is 5.08. The lowest BCUT2D eigenvalue weighted by Gasteiger charge is -2.35. The van der Waals surface area contributed by atoms with Crippen LogP contribution in [0.25, 0.3) is 0 Å². The lowest BCUT2D eigenvalue weighted by atomic mass is 9.67. The molecule has 3 unspecified atom stereocenters. The van der Waals surface area contributed by atoms with Crippen LogP contribution < -0.4 is 0 Å². The normalized spacial score (nSPS) is 28.1. The third kappa shape index (κ3) is 2.80. The van der Waals surface area contributed by atoms with Crippen LogP contribution in [0.15, 0.2) is 90.6 Å². The van der Waals surface area contributed by atoms with E-state index in [4.69, 9.17) is 0 Å². The molecule has 2 aromatic carbocycles. The molecule has 2 heteroatoms. The number of carbonyl (C=O) groups excluding carboxylic acids is 2. The first-order chi connectivity index (χ1) is 13.7. The monoisotopic (exact) mass is 366 g/mol. The molecule has 2 nitrogen and oxygen atoms in total. The second-order valence-electron chi connectivity index (χ2n) is 7.98. The van der Waals surface area contributed by atoms with Crippen molar-refractivity contribution in [1.82, 2.24) is 0 Å². The number of hydrogen-bond acceptors (Lipinski definition) is 2. The number of fused-ring (bicyclic) bond motifs is 4. The maximum absolute atomic E-state index is 13.6. The summed E-state index contributed by atoms with van der Waals surface area (Å²) in [6, 6.07) is 18.0. The molecule has 0 aliphatic heterocycles. The van der Waals surface area contributed by atoms with Gasteiger partial charge < -0.3 is 0 Å². The van der Waals surface area contributed by atoms with E-state index in [0.717, 1.165) is 23.1 Å². The summed E-state index contributed by atoms with van der Waals surface area (Å²) in [5.74, 6) is 0.0852. The first-order valence-electron chi connectivity index (χ1n) is 9.99. The number of carbonyl (C=O) groups is 2. The fourth-order valence-electron chi connectivity index (χ4n) is 4.99. The number of allylic oxidation sites excluding steroid dienone is 6. The molecule has 0 aromatic heterocycles. The lowest BCUT2D eigenvalue weighted by molar-refractivity contribution is -0.123. The Labute approximate surface area is 165 Å². The van der Waals surface area contributed by atoms with Gasteiger partial charge in [-0.25, -0.2) is 0 Å². The first kappa shape index (κ1) is 17.1. The number of ketones is 2. The molecule has 0 N–H and O–H groups in total. The third-order valence-corrected chi connectivity index (χ3v) is 6.31. The second kappa shape index (κ2) is 6.87. The fourth-order valence-corrected chi connectivity index (χ4v) is 4.99. The number of Topliss-reactive ketones (excluding diaryl/α,β-unsaturated/α-hetero) is 2. The molecule has 28 heavy (non-hydrogen) atoms. The van der Waals surface area contributed by atoms with Gasteiger partial charge in [0.05, 0.1) is 5.92 Å². The van der Waals surface area contributed by atoms with Crippen molar-refractivity contribution in [3.63, 3.8) is 0 Å². The van der Waals surface area contributed by atoms with Crippen molar-refractivity contribution in [3.05, 3.63) is 107 Å². The summed E-state index contributed by atoms with van der Waals surface area (Å²) in [6.45, 7) is 0. The van der Waals surface area contributed by atoms with Gasteiger partial charge in [0.2, 0.25) is 0 Å². The van der Waals surface area contributed by atoms with Gasteiger partial charge in [0.25, 0.3) is 0 Å². The maximum Gasteiger partial charge on any atom is 0.163 e. The highest BCUT2D eigenvalue weighted by Crippen LogP contribution is 2.46. The van der Waals surface area contributed by atoms with Crippen molar-refractivity contribution in [1.29, 1.82) is 0 Å². The van der Waals surface area contributed by atoms with E-state index >= 15 is 0 Å². The third-order valence-electron chi connectivity index (χ3n) is 6.31. The molecule has 0 heterocycles. The molecular weight excluding hydrogens is 344 g/mol. The molecule has 138 valence electrons. The van der Waals surface area contributed by atoms with Crippen LogP contribution in [0.4, 0.5) is 0 Å². The molecule has 0 radical (unpaired) electrons. The Morgan fingerprint density at radius 3 is 2.46 bits per heavy atom. The fraction of sp³-hybridized carbons (Fsp3) is 0.231. The highest BCUT2D eigenvalue weighted by molar-refractivity contribution is 6.03. The van der Waals surface area contributed by atoms with Gasteiger partial charge in [0.15, 0.2) is 11.6 Å². The Morgan fingerprint density at radius 1 is 0.857 bits per heavy atom. The minimum atomic E-state index is -0.311. The van der Waals surface area contributed by atoms with Crippen LogP contribution in [0.2, 0.25) is 0 Å².